The van der Waals surface area contributed by atoms with Gasteiger partial charge in [0.15, 0.2) is 0 Å². The van der Waals surface area contributed by atoms with Crippen LogP contribution in [-0.2, 0) is 10.0 Å². The van der Waals surface area contributed by atoms with Crippen molar-refractivity contribution < 1.29 is 8.42 Å². The number of nitrogens with one attached hydrogen (secondary N) is 1. The summed E-state index contributed by atoms with van der Waals surface area (Å²) in [5.74, 6) is 0. The standard InChI is InChI=1S/C7H7NO2S2.ClH/c9-12(10)5-11-7-4-2-1-3-6(7)8-12;/h1-4,8H,5H2;1H. The van der Waals surface area contributed by atoms with Crippen molar-refractivity contribution in [1.82, 2.24) is 0 Å². The molecule has 0 aliphatic carbocycles. The molecule has 0 atom stereocenters. The number of hydrogen-bond acceptors (Lipinski definition) is 3. The van der Waals surface area contributed by atoms with Gasteiger partial charge in [-0.25, -0.2) is 8.42 Å². The monoisotopic (exact) mass is 237 g/mol. The Balaban J connectivity index is 0.000000845. The molecule has 1 heterocycles. The minimum absolute atomic E-state index is 0. The predicted molar refractivity (Wildman–Crippen MR) is 57.0 cm³/mol. The Morgan fingerprint density at radius 3 is 2.77 bits per heavy atom. The summed E-state index contributed by atoms with van der Waals surface area (Å²) in [6, 6.07) is 7.37. The number of fused-ring (bicyclic) bond motifs is 1. The predicted octanol–water partition coefficient (Wildman–Crippen LogP) is 1.91. The van der Waals surface area contributed by atoms with Crippen molar-refractivity contribution in [3.8, 4) is 0 Å². The van der Waals surface area contributed by atoms with Gasteiger partial charge in [0.2, 0.25) is 10.0 Å². The highest BCUT2D eigenvalue weighted by atomic mass is 35.5. The zero-order valence-electron chi connectivity index (χ0n) is 6.56. The molecule has 1 N–H and O–H groups in total. The topological polar surface area (TPSA) is 46.2 Å². The molecule has 13 heavy (non-hydrogen) atoms. The first kappa shape index (κ1) is 10.7. The summed E-state index contributed by atoms with van der Waals surface area (Å²) in [4.78, 5) is 0.993. The lowest BCUT2D eigenvalue weighted by Crippen LogP contribution is -2.18. The van der Waals surface area contributed by atoms with E-state index in [1.807, 2.05) is 18.2 Å². The number of rotatable bonds is 0. The van der Waals surface area contributed by atoms with Gasteiger partial charge in [0.05, 0.1) is 5.69 Å². The van der Waals surface area contributed by atoms with Crippen molar-refractivity contribution in [3.05, 3.63) is 24.3 Å². The van der Waals surface area contributed by atoms with E-state index < -0.39 is 10.0 Å². The third-order valence-electron chi connectivity index (χ3n) is 1.52. The van der Waals surface area contributed by atoms with Gasteiger partial charge in [-0.15, -0.1) is 24.2 Å². The van der Waals surface area contributed by atoms with Gasteiger partial charge in [0, 0.05) is 4.90 Å². The fourth-order valence-corrected chi connectivity index (χ4v) is 3.41. The van der Waals surface area contributed by atoms with Gasteiger partial charge in [-0.2, -0.15) is 0 Å². The molecule has 0 spiro atoms. The Kier molecular flexibility index (Phi) is 3.10. The fourth-order valence-electron chi connectivity index (χ4n) is 1.01. The maximum absolute atomic E-state index is 11.1. The highest BCUT2D eigenvalue weighted by Gasteiger charge is 2.19. The fraction of sp³-hybridized carbons (Fsp3) is 0.143. The lowest BCUT2D eigenvalue weighted by molar-refractivity contribution is 0.605. The van der Waals surface area contributed by atoms with Crippen molar-refractivity contribution >= 4 is 39.9 Å². The van der Waals surface area contributed by atoms with Crippen LogP contribution >= 0.6 is 24.2 Å². The van der Waals surface area contributed by atoms with E-state index in [4.69, 9.17) is 0 Å². The lowest BCUT2D eigenvalue weighted by Gasteiger charge is -2.16. The maximum Gasteiger partial charge on any atom is 0.242 e. The van der Waals surface area contributed by atoms with Crippen LogP contribution in [0.3, 0.4) is 0 Å². The van der Waals surface area contributed by atoms with Crippen molar-refractivity contribution in [2.24, 2.45) is 0 Å². The number of thioether (sulfide) groups is 1. The van der Waals surface area contributed by atoms with Gasteiger partial charge in [-0.05, 0) is 12.1 Å². The van der Waals surface area contributed by atoms with Gasteiger partial charge in [-0.3, -0.25) is 4.72 Å². The SMILES string of the molecule is Cl.O=S1(=O)CSc2ccccc2N1. The molecule has 6 heteroatoms. The van der Waals surface area contributed by atoms with Crippen molar-refractivity contribution in [2.45, 2.75) is 4.90 Å². The minimum atomic E-state index is -3.08. The van der Waals surface area contributed by atoms with E-state index >= 15 is 0 Å². The van der Waals surface area contributed by atoms with E-state index in [2.05, 4.69) is 4.72 Å². The molecule has 0 radical (unpaired) electrons. The molecule has 0 saturated carbocycles. The van der Waals surface area contributed by atoms with Crippen molar-refractivity contribution in [1.29, 1.82) is 0 Å². The first-order valence-electron chi connectivity index (χ1n) is 3.40. The molecule has 1 aliphatic heterocycles. The third kappa shape index (κ3) is 2.30. The average Bonchev–Trinajstić information content (AvgIpc) is 2.02. The molecule has 0 fully saturated rings. The molecule has 0 bridgehead atoms. The van der Waals surface area contributed by atoms with E-state index in [0.717, 1.165) is 4.90 Å². The number of halogens is 1. The Hall–Kier alpha value is -0.390. The summed E-state index contributed by atoms with van der Waals surface area (Å²) >= 11 is 1.35. The van der Waals surface area contributed by atoms with Crippen LogP contribution in [-0.4, -0.2) is 13.5 Å². The molecular weight excluding hydrogens is 230 g/mol. The van der Waals surface area contributed by atoms with Crippen LogP contribution in [0, 0.1) is 0 Å². The number of benzene rings is 1. The van der Waals surface area contributed by atoms with Gasteiger partial charge in [0.1, 0.15) is 5.08 Å². The third-order valence-corrected chi connectivity index (χ3v) is 4.43. The van der Waals surface area contributed by atoms with Crippen LogP contribution in [0.1, 0.15) is 0 Å². The molecule has 0 unspecified atom stereocenters. The Bertz CT molecular complexity index is 405. The smallest absolute Gasteiger partial charge is 0.242 e. The molecule has 1 aliphatic rings. The molecule has 0 saturated heterocycles. The second kappa shape index (κ2) is 3.77. The molecule has 72 valence electrons. The first-order chi connectivity index (χ1) is 5.67. The average molecular weight is 238 g/mol. The van der Waals surface area contributed by atoms with Crippen LogP contribution in [0.15, 0.2) is 29.2 Å². The number of sulfonamides is 1. The summed E-state index contributed by atoms with van der Waals surface area (Å²) in [5, 5.41) is 0.115. The molecule has 0 amide bonds. The van der Waals surface area contributed by atoms with Crippen LogP contribution in [0.25, 0.3) is 0 Å². The van der Waals surface area contributed by atoms with Crippen LogP contribution in [0.4, 0.5) is 5.69 Å². The van der Waals surface area contributed by atoms with Gasteiger partial charge in [0.25, 0.3) is 0 Å². The molecule has 1 aromatic rings. The number of hydrogen-bond donors (Lipinski definition) is 1. The summed E-state index contributed by atoms with van der Waals surface area (Å²) in [5.41, 5.74) is 0.689. The zero-order valence-corrected chi connectivity index (χ0v) is 9.01. The normalized spacial score (nSPS) is 17.8. The van der Waals surface area contributed by atoms with E-state index in [0.29, 0.717) is 5.69 Å². The van der Waals surface area contributed by atoms with Crippen LogP contribution in [0.5, 0.6) is 0 Å². The Labute approximate surface area is 87.4 Å². The minimum Gasteiger partial charge on any atom is -0.282 e. The molecular formula is C7H8ClNO2S2. The maximum atomic E-state index is 11.1. The summed E-state index contributed by atoms with van der Waals surface area (Å²) < 4.78 is 24.7. The summed E-state index contributed by atoms with van der Waals surface area (Å²) in [7, 11) is -3.08. The molecule has 2 rings (SSSR count). The van der Waals surface area contributed by atoms with Crippen LogP contribution < -0.4 is 4.72 Å². The molecule has 3 nitrogen and oxygen atoms in total. The van der Waals surface area contributed by atoms with Gasteiger partial charge >= 0.3 is 0 Å². The first-order valence-corrected chi connectivity index (χ1v) is 6.03. The quantitative estimate of drug-likeness (QED) is 0.750. The molecule has 0 aromatic heterocycles. The van der Waals surface area contributed by atoms with Crippen LogP contribution in [0.2, 0.25) is 0 Å². The van der Waals surface area contributed by atoms with E-state index in [1.165, 1.54) is 11.8 Å². The van der Waals surface area contributed by atoms with Crippen molar-refractivity contribution in [2.75, 3.05) is 9.81 Å². The van der Waals surface area contributed by atoms with Gasteiger partial charge < -0.3 is 0 Å². The number of anilines is 1. The Morgan fingerprint density at radius 2 is 2.00 bits per heavy atom. The van der Waals surface area contributed by atoms with Gasteiger partial charge in [-0.1, -0.05) is 12.1 Å². The summed E-state index contributed by atoms with van der Waals surface area (Å²) in [6.45, 7) is 0. The highest BCUT2D eigenvalue weighted by Crippen LogP contribution is 2.32. The largest absolute Gasteiger partial charge is 0.282 e. The highest BCUT2D eigenvalue weighted by molar-refractivity contribution is 8.13. The second-order valence-electron chi connectivity index (χ2n) is 2.48. The summed E-state index contributed by atoms with van der Waals surface area (Å²) in [6.07, 6.45) is 0. The van der Waals surface area contributed by atoms with Crippen molar-refractivity contribution in [3.63, 3.8) is 0 Å². The zero-order chi connectivity index (χ0) is 8.60. The Morgan fingerprint density at radius 1 is 1.31 bits per heavy atom. The van der Waals surface area contributed by atoms with E-state index in [-0.39, 0.29) is 17.5 Å². The second-order valence-corrected chi connectivity index (χ2v) is 5.58. The lowest BCUT2D eigenvalue weighted by atomic mass is 10.3. The van der Waals surface area contributed by atoms with E-state index in [1.54, 1.807) is 6.07 Å². The van der Waals surface area contributed by atoms with E-state index in [9.17, 15) is 8.42 Å². The number of para-hydroxylation sites is 1. The molecule has 1 aromatic carbocycles.